The van der Waals surface area contributed by atoms with Crippen LogP contribution in [-0.2, 0) is 6.42 Å². The number of aliphatic hydroxyl groups is 1. The summed E-state index contributed by atoms with van der Waals surface area (Å²) in [7, 11) is 0. The van der Waals surface area contributed by atoms with Crippen LogP contribution in [0.2, 0.25) is 0 Å². The zero-order valence-electron chi connectivity index (χ0n) is 11.0. The molecule has 0 atom stereocenters. The van der Waals surface area contributed by atoms with Crippen molar-refractivity contribution in [1.82, 2.24) is 0 Å². The highest BCUT2D eigenvalue weighted by Gasteiger charge is 2.19. The third-order valence-corrected chi connectivity index (χ3v) is 2.94. The zero-order chi connectivity index (χ0) is 15.4. The van der Waals surface area contributed by atoms with E-state index in [1.165, 1.54) is 6.07 Å². The summed E-state index contributed by atoms with van der Waals surface area (Å²) in [5, 5.41) is 18.2. The van der Waals surface area contributed by atoms with E-state index >= 15 is 0 Å². The highest BCUT2D eigenvalue weighted by molar-refractivity contribution is 5.97. The first-order chi connectivity index (χ1) is 10.0. The molecule has 0 aliphatic heterocycles. The van der Waals surface area contributed by atoms with Crippen LogP contribution >= 0.6 is 0 Å². The van der Waals surface area contributed by atoms with Gasteiger partial charge < -0.3 is 20.7 Å². The highest BCUT2D eigenvalue weighted by Crippen LogP contribution is 2.32. The van der Waals surface area contributed by atoms with E-state index in [9.17, 15) is 9.18 Å². The number of nitrogens with two attached hydrogens (primary N) is 1. The zero-order valence-corrected chi connectivity index (χ0v) is 11.0. The second kappa shape index (κ2) is 6.23. The number of benzene rings is 2. The molecule has 0 heterocycles. The molecule has 0 amide bonds. The first kappa shape index (κ1) is 14.8. The Morgan fingerprint density at radius 3 is 2.57 bits per heavy atom. The van der Waals surface area contributed by atoms with Gasteiger partial charge in [-0.1, -0.05) is 18.2 Å². The molecule has 0 aliphatic rings. The molecule has 0 saturated heterocycles. The quantitative estimate of drug-likeness (QED) is 0.736. The predicted molar refractivity (Wildman–Crippen MR) is 75.1 cm³/mol. The van der Waals surface area contributed by atoms with Gasteiger partial charge in [-0.25, -0.2) is 9.18 Å². The monoisotopic (exact) mass is 291 g/mol. The summed E-state index contributed by atoms with van der Waals surface area (Å²) in [6.07, 6.45) is 0.356. The Kier molecular flexibility index (Phi) is 4.39. The number of halogens is 1. The normalized spacial score (nSPS) is 10.4. The summed E-state index contributed by atoms with van der Waals surface area (Å²) >= 11 is 0. The molecule has 0 aliphatic carbocycles. The summed E-state index contributed by atoms with van der Waals surface area (Å²) in [6.45, 7) is -0.0717. The lowest BCUT2D eigenvalue weighted by atomic mass is 10.1. The van der Waals surface area contributed by atoms with Crippen molar-refractivity contribution in [3.8, 4) is 11.5 Å². The van der Waals surface area contributed by atoms with Crippen molar-refractivity contribution in [1.29, 1.82) is 0 Å². The van der Waals surface area contributed by atoms with E-state index in [1.54, 1.807) is 24.3 Å². The van der Waals surface area contributed by atoms with Gasteiger partial charge in [0.25, 0.3) is 0 Å². The fourth-order valence-electron chi connectivity index (χ4n) is 1.93. The number of anilines is 1. The molecular weight excluding hydrogens is 277 g/mol. The molecule has 0 aromatic heterocycles. The number of ether oxygens (including phenoxy) is 1. The maximum Gasteiger partial charge on any atom is 0.341 e. The molecule has 0 unspecified atom stereocenters. The lowest BCUT2D eigenvalue weighted by molar-refractivity contribution is 0.0695. The topological polar surface area (TPSA) is 92.8 Å². The van der Waals surface area contributed by atoms with E-state index < -0.39 is 23.0 Å². The van der Waals surface area contributed by atoms with Crippen molar-refractivity contribution < 1.29 is 24.1 Å². The Bertz CT molecular complexity index is 673. The van der Waals surface area contributed by atoms with Gasteiger partial charge in [-0.2, -0.15) is 0 Å². The van der Waals surface area contributed by atoms with E-state index in [0.717, 1.165) is 6.07 Å². The van der Waals surface area contributed by atoms with E-state index in [4.69, 9.17) is 20.7 Å². The molecule has 5 nitrogen and oxygen atoms in total. The number of carbonyl (C=O) groups is 1. The summed E-state index contributed by atoms with van der Waals surface area (Å²) < 4.78 is 18.9. The van der Waals surface area contributed by atoms with Crippen molar-refractivity contribution in [3.05, 3.63) is 53.3 Å². The molecule has 0 saturated carbocycles. The van der Waals surface area contributed by atoms with Crippen molar-refractivity contribution >= 4 is 11.7 Å². The second-order valence-corrected chi connectivity index (χ2v) is 4.32. The number of carboxylic acids is 1. The van der Waals surface area contributed by atoms with Crippen molar-refractivity contribution in [2.24, 2.45) is 0 Å². The van der Waals surface area contributed by atoms with Crippen molar-refractivity contribution in [2.45, 2.75) is 6.42 Å². The molecule has 2 aromatic rings. The van der Waals surface area contributed by atoms with E-state index in [1.807, 2.05) is 0 Å². The lowest BCUT2D eigenvalue weighted by Gasteiger charge is -2.13. The fourth-order valence-corrected chi connectivity index (χ4v) is 1.93. The van der Waals surface area contributed by atoms with Crippen LogP contribution in [0, 0.1) is 5.82 Å². The van der Waals surface area contributed by atoms with Gasteiger partial charge in [-0.3, -0.25) is 0 Å². The summed E-state index contributed by atoms with van der Waals surface area (Å²) in [5.41, 5.74) is 5.27. The SMILES string of the molecule is Nc1c(F)ccc(Oc2ccccc2CCO)c1C(=O)O. The van der Waals surface area contributed by atoms with Crippen LogP contribution in [0.15, 0.2) is 36.4 Å². The fraction of sp³-hybridized carbons (Fsp3) is 0.133. The first-order valence-electron chi connectivity index (χ1n) is 6.22. The van der Waals surface area contributed by atoms with Gasteiger partial charge >= 0.3 is 5.97 Å². The number of rotatable bonds is 5. The number of aliphatic hydroxyl groups excluding tert-OH is 1. The standard InChI is InChI=1S/C15H14FNO4/c16-10-5-6-12(13(14(10)17)15(19)20)21-11-4-2-1-3-9(11)7-8-18/h1-6,18H,7-8,17H2,(H,19,20). The van der Waals surface area contributed by atoms with E-state index in [0.29, 0.717) is 17.7 Å². The molecule has 0 radical (unpaired) electrons. The smallest absolute Gasteiger partial charge is 0.341 e. The van der Waals surface area contributed by atoms with Crippen LogP contribution in [-0.4, -0.2) is 22.8 Å². The Labute approximate surface area is 120 Å². The van der Waals surface area contributed by atoms with Gasteiger partial charge in [-0.15, -0.1) is 0 Å². The molecule has 2 rings (SSSR count). The van der Waals surface area contributed by atoms with Crippen LogP contribution in [0.25, 0.3) is 0 Å². The highest BCUT2D eigenvalue weighted by atomic mass is 19.1. The largest absolute Gasteiger partial charge is 0.477 e. The summed E-state index contributed by atoms with van der Waals surface area (Å²) in [6, 6.07) is 9.13. The Balaban J connectivity index is 2.45. The van der Waals surface area contributed by atoms with Gasteiger partial charge in [0.05, 0.1) is 5.69 Å². The first-order valence-corrected chi connectivity index (χ1v) is 6.22. The molecule has 0 bridgehead atoms. The van der Waals surface area contributed by atoms with Gasteiger partial charge in [-0.05, 0) is 30.2 Å². The van der Waals surface area contributed by atoms with Crippen LogP contribution in [0.3, 0.4) is 0 Å². The Morgan fingerprint density at radius 2 is 1.90 bits per heavy atom. The number of aromatic carboxylic acids is 1. The molecule has 2 aromatic carbocycles. The molecule has 21 heavy (non-hydrogen) atoms. The molecular formula is C15H14FNO4. The number of carboxylic acid groups (broad SMARTS) is 1. The number of hydrogen-bond donors (Lipinski definition) is 3. The minimum absolute atomic E-state index is 0.0493. The Hall–Kier alpha value is -2.60. The minimum Gasteiger partial charge on any atom is -0.477 e. The minimum atomic E-state index is -1.37. The number of hydrogen-bond acceptors (Lipinski definition) is 4. The lowest BCUT2D eigenvalue weighted by Crippen LogP contribution is -2.07. The van der Waals surface area contributed by atoms with Crippen LogP contribution in [0.1, 0.15) is 15.9 Å². The molecule has 6 heteroatoms. The van der Waals surface area contributed by atoms with Gasteiger partial charge in [0, 0.05) is 6.61 Å². The molecule has 110 valence electrons. The van der Waals surface area contributed by atoms with Crippen molar-refractivity contribution in [3.63, 3.8) is 0 Å². The Morgan fingerprint density at radius 1 is 1.19 bits per heavy atom. The van der Waals surface area contributed by atoms with Gasteiger partial charge in [0.1, 0.15) is 22.9 Å². The van der Waals surface area contributed by atoms with Crippen LogP contribution in [0.4, 0.5) is 10.1 Å². The maximum atomic E-state index is 13.4. The average Bonchev–Trinajstić information content (AvgIpc) is 2.45. The van der Waals surface area contributed by atoms with Crippen LogP contribution in [0.5, 0.6) is 11.5 Å². The molecule has 0 fully saturated rings. The van der Waals surface area contributed by atoms with Gasteiger partial charge in [0.15, 0.2) is 0 Å². The summed E-state index contributed by atoms with van der Waals surface area (Å²) in [4.78, 5) is 11.2. The van der Waals surface area contributed by atoms with Crippen molar-refractivity contribution in [2.75, 3.05) is 12.3 Å². The summed E-state index contributed by atoms with van der Waals surface area (Å²) in [5.74, 6) is -1.85. The molecule has 4 N–H and O–H groups in total. The third kappa shape index (κ3) is 3.11. The van der Waals surface area contributed by atoms with Gasteiger partial charge in [0.2, 0.25) is 0 Å². The molecule has 0 spiro atoms. The predicted octanol–water partition coefficient (Wildman–Crippen LogP) is 2.43. The van der Waals surface area contributed by atoms with Crippen LogP contribution < -0.4 is 10.5 Å². The van der Waals surface area contributed by atoms with E-state index in [-0.39, 0.29) is 12.4 Å². The second-order valence-electron chi connectivity index (χ2n) is 4.32. The number of para-hydroxylation sites is 1. The maximum absolute atomic E-state index is 13.4. The van der Waals surface area contributed by atoms with E-state index in [2.05, 4.69) is 0 Å². The number of nitrogen functional groups attached to an aromatic ring is 1. The average molecular weight is 291 g/mol. The third-order valence-electron chi connectivity index (χ3n) is 2.94.